The molecule has 21 heavy (non-hydrogen) atoms. The SMILES string of the molecule is CC[S+]([O-])c1sc(C(=O)c2ccc(Cl)cc2)c(Cl)c1C#N. The van der Waals surface area contributed by atoms with Gasteiger partial charge < -0.3 is 4.55 Å². The summed E-state index contributed by atoms with van der Waals surface area (Å²) in [6.45, 7) is 1.74. The summed E-state index contributed by atoms with van der Waals surface area (Å²) in [7, 11) is 0. The predicted molar refractivity (Wildman–Crippen MR) is 85.9 cm³/mol. The minimum absolute atomic E-state index is 0.0688. The maximum absolute atomic E-state index is 12.4. The van der Waals surface area contributed by atoms with Crippen LogP contribution in [0, 0.1) is 11.3 Å². The molecule has 0 bridgehead atoms. The topological polar surface area (TPSA) is 63.9 Å². The van der Waals surface area contributed by atoms with E-state index in [1.165, 1.54) is 0 Å². The summed E-state index contributed by atoms with van der Waals surface area (Å²) >= 11 is 11.6. The Morgan fingerprint density at radius 1 is 1.38 bits per heavy atom. The van der Waals surface area contributed by atoms with Crippen LogP contribution in [0.2, 0.25) is 10.0 Å². The van der Waals surface area contributed by atoms with Crippen molar-refractivity contribution in [3.05, 3.63) is 50.3 Å². The summed E-state index contributed by atoms with van der Waals surface area (Å²) in [5.74, 6) is 0.0534. The highest BCUT2D eigenvalue weighted by atomic mass is 35.5. The van der Waals surface area contributed by atoms with E-state index in [0.29, 0.717) is 20.5 Å². The van der Waals surface area contributed by atoms with Gasteiger partial charge in [-0.15, -0.1) is 0 Å². The molecule has 0 saturated carbocycles. The number of thiophene rings is 1. The lowest BCUT2D eigenvalue weighted by Crippen LogP contribution is -2.02. The molecule has 108 valence electrons. The number of benzene rings is 1. The summed E-state index contributed by atoms with van der Waals surface area (Å²) in [5, 5.41) is 9.75. The normalized spacial score (nSPS) is 12.0. The van der Waals surface area contributed by atoms with Crippen LogP contribution in [0.15, 0.2) is 28.5 Å². The van der Waals surface area contributed by atoms with Gasteiger partial charge in [0.05, 0.1) is 5.02 Å². The molecule has 1 heterocycles. The summed E-state index contributed by atoms with van der Waals surface area (Å²) in [6.07, 6.45) is 0. The Bertz CT molecular complexity index is 720. The molecule has 0 aliphatic rings. The summed E-state index contributed by atoms with van der Waals surface area (Å²) in [4.78, 5) is 12.7. The Balaban J connectivity index is 2.50. The van der Waals surface area contributed by atoms with Crippen LogP contribution in [0.5, 0.6) is 0 Å². The maximum Gasteiger partial charge on any atom is 0.226 e. The first-order chi connectivity index (χ1) is 9.99. The van der Waals surface area contributed by atoms with Gasteiger partial charge in [-0.1, -0.05) is 34.5 Å². The van der Waals surface area contributed by atoms with E-state index in [1.54, 1.807) is 31.2 Å². The quantitative estimate of drug-likeness (QED) is 0.605. The molecule has 0 aliphatic heterocycles. The van der Waals surface area contributed by atoms with Crippen molar-refractivity contribution >= 4 is 51.5 Å². The van der Waals surface area contributed by atoms with Crippen LogP contribution in [0.3, 0.4) is 0 Å². The number of carbonyl (C=O) groups is 1. The molecule has 0 amide bonds. The molecule has 3 nitrogen and oxygen atoms in total. The Hall–Kier alpha value is -1.03. The first kappa shape index (κ1) is 16.3. The highest BCUT2D eigenvalue weighted by Crippen LogP contribution is 2.37. The number of carbonyl (C=O) groups excluding carboxylic acids is 1. The molecule has 1 aromatic heterocycles. The van der Waals surface area contributed by atoms with Gasteiger partial charge in [0, 0.05) is 10.6 Å². The van der Waals surface area contributed by atoms with Gasteiger partial charge in [0.2, 0.25) is 9.99 Å². The van der Waals surface area contributed by atoms with E-state index in [1.807, 2.05) is 6.07 Å². The second-order valence-corrected chi connectivity index (χ2v) is 7.76. The first-order valence-corrected chi connectivity index (χ1v) is 8.79. The van der Waals surface area contributed by atoms with Crippen LogP contribution in [-0.4, -0.2) is 16.1 Å². The van der Waals surface area contributed by atoms with Crippen LogP contribution >= 0.6 is 34.5 Å². The van der Waals surface area contributed by atoms with Crippen molar-refractivity contribution in [3.63, 3.8) is 0 Å². The van der Waals surface area contributed by atoms with Gasteiger partial charge in [0.15, 0.2) is 0 Å². The second kappa shape index (κ2) is 6.82. The third kappa shape index (κ3) is 3.25. The number of ketones is 1. The third-order valence-electron chi connectivity index (χ3n) is 2.71. The number of rotatable bonds is 4. The van der Waals surface area contributed by atoms with Crippen LogP contribution in [0.4, 0.5) is 0 Å². The standard InChI is InChI=1S/C14H9Cl2NO2S2/c1-2-21(19)14-10(7-17)11(16)13(20-14)12(18)8-3-5-9(15)6-4-8/h3-6H,2H2,1H3. The van der Waals surface area contributed by atoms with Gasteiger partial charge in [0.1, 0.15) is 22.3 Å². The van der Waals surface area contributed by atoms with E-state index in [2.05, 4.69) is 0 Å². The lowest BCUT2D eigenvalue weighted by Gasteiger charge is -2.04. The largest absolute Gasteiger partial charge is 0.611 e. The molecule has 1 unspecified atom stereocenters. The summed E-state index contributed by atoms with van der Waals surface area (Å²) in [6, 6.07) is 8.31. The molecule has 0 N–H and O–H groups in total. The van der Waals surface area contributed by atoms with Crippen molar-refractivity contribution in [2.45, 2.75) is 11.1 Å². The smallest absolute Gasteiger partial charge is 0.226 e. The zero-order chi connectivity index (χ0) is 15.6. The Kier molecular flexibility index (Phi) is 5.31. The van der Waals surface area contributed by atoms with E-state index in [9.17, 15) is 9.35 Å². The Morgan fingerprint density at radius 3 is 2.52 bits per heavy atom. The lowest BCUT2D eigenvalue weighted by molar-refractivity contribution is 0.104. The Labute approximate surface area is 139 Å². The molecule has 7 heteroatoms. The molecule has 0 fully saturated rings. The molecule has 0 aliphatic carbocycles. The lowest BCUT2D eigenvalue weighted by atomic mass is 10.1. The number of halogens is 2. The average Bonchev–Trinajstić information content (AvgIpc) is 2.83. The first-order valence-electron chi connectivity index (χ1n) is 5.90. The van der Waals surface area contributed by atoms with Gasteiger partial charge in [-0.05, 0) is 42.4 Å². The highest BCUT2D eigenvalue weighted by Gasteiger charge is 2.28. The molecule has 2 rings (SSSR count). The molecule has 2 aromatic rings. The summed E-state index contributed by atoms with van der Waals surface area (Å²) in [5.41, 5.74) is 0.542. The number of nitrogens with zero attached hydrogens (tertiary/aromatic N) is 1. The minimum Gasteiger partial charge on any atom is -0.611 e. The third-order valence-corrected chi connectivity index (χ3v) is 6.39. The van der Waals surface area contributed by atoms with E-state index in [-0.39, 0.29) is 21.2 Å². The van der Waals surface area contributed by atoms with Crippen molar-refractivity contribution in [2.75, 3.05) is 5.75 Å². The highest BCUT2D eigenvalue weighted by molar-refractivity contribution is 7.93. The van der Waals surface area contributed by atoms with Gasteiger partial charge in [-0.25, -0.2) is 0 Å². The monoisotopic (exact) mass is 357 g/mol. The van der Waals surface area contributed by atoms with Crippen molar-refractivity contribution in [1.29, 1.82) is 5.26 Å². The van der Waals surface area contributed by atoms with Crippen LogP contribution < -0.4 is 0 Å². The van der Waals surface area contributed by atoms with Crippen molar-refractivity contribution in [2.24, 2.45) is 0 Å². The van der Waals surface area contributed by atoms with Crippen LogP contribution in [0.25, 0.3) is 0 Å². The molecule has 1 atom stereocenters. The zero-order valence-corrected chi connectivity index (χ0v) is 14.0. The molecular weight excluding hydrogens is 349 g/mol. The van der Waals surface area contributed by atoms with Crippen molar-refractivity contribution in [3.8, 4) is 6.07 Å². The van der Waals surface area contributed by atoms with E-state index in [4.69, 9.17) is 28.5 Å². The van der Waals surface area contributed by atoms with Crippen molar-refractivity contribution < 1.29 is 9.35 Å². The van der Waals surface area contributed by atoms with Crippen molar-refractivity contribution in [1.82, 2.24) is 0 Å². The summed E-state index contributed by atoms with van der Waals surface area (Å²) < 4.78 is 12.3. The van der Waals surface area contributed by atoms with Gasteiger partial charge in [-0.2, -0.15) is 5.26 Å². The Morgan fingerprint density at radius 2 is 2.00 bits per heavy atom. The molecule has 0 radical (unpaired) electrons. The molecule has 1 aromatic carbocycles. The van der Waals surface area contributed by atoms with Gasteiger partial charge in [0.25, 0.3) is 0 Å². The van der Waals surface area contributed by atoms with Gasteiger partial charge in [-0.3, -0.25) is 4.79 Å². The number of hydrogen-bond acceptors (Lipinski definition) is 4. The van der Waals surface area contributed by atoms with Crippen LogP contribution in [-0.2, 0) is 11.2 Å². The number of hydrogen-bond donors (Lipinski definition) is 0. The van der Waals surface area contributed by atoms with E-state index >= 15 is 0 Å². The molecular formula is C14H9Cl2NO2S2. The zero-order valence-electron chi connectivity index (χ0n) is 10.9. The fourth-order valence-corrected chi connectivity index (χ4v) is 4.68. The average molecular weight is 358 g/mol. The fraction of sp³-hybridized carbons (Fsp3) is 0.143. The second-order valence-electron chi connectivity index (χ2n) is 3.99. The van der Waals surface area contributed by atoms with E-state index in [0.717, 1.165) is 11.3 Å². The molecule has 0 saturated heterocycles. The van der Waals surface area contributed by atoms with Gasteiger partial charge >= 0.3 is 0 Å². The van der Waals surface area contributed by atoms with Crippen LogP contribution in [0.1, 0.15) is 27.7 Å². The maximum atomic E-state index is 12.4. The molecule has 0 spiro atoms. The number of nitriles is 1. The predicted octanol–water partition coefficient (Wildman–Crippen LogP) is 4.29. The fourth-order valence-electron chi connectivity index (χ4n) is 1.66. The van der Waals surface area contributed by atoms with E-state index < -0.39 is 11.2 Å². The minimum atomic E-state index is -1.33.